The number of nitrogens with zero attached hydrogens (tertiary/aromatic N) is 1. The predicted octanol–water partition coefficient (Wildman–Crippen LogP) is 0.984. The van der Waals surface area contributed by atoms with Crippen molar-refractivity contribution < 1.29 is 5.11 Å². The van der Waals surface area contributed by atoms with Crippen LogP contribution in [0.15, 0.2) is 18.5 Å². The zero-order valence-electron chi connectivity index (χ0n) is 7.20. The van der Waals surface area contributed by atoms with E-state index in [9.17, 15) is 0 Å². The van der Waals surface area contributed by atoms with Gasteiger partial charge in [0.25, 0.3) is 0 Å². The normalized spacial score (nSPS) is 12.9. The van der Waals surface area contributed by atoms with E-state index in [1.807, 2.05) is 13.0 Å². The van der Waals surface area contributed by atoms with Crippen molar-refractivity contribution in [2.45, 2.75) is 26.0 Å². The molecule has 3 N–H and O–H groups in total. The molecule has 3 heteroatoms. The molecule has 0 aliphatic rings. The topological polar surface area (TPSA) is 59.1 Å². The van der Waals surface area contributed by atoms with Gasteiger partial charge in [-0.15, -0.1) is 0 Å². The summed E-state index contributed by atoms with van der Waals surface area (Å²) in [6.07, 6.45) is 4.23. The maximum Gasteiger partial charge on any atom is 0.0700 e. The first-order valence-electron chi connectivity index (χ1n) is 4.08. The molecule has 0 fully saturated rings. The van der Waals surface area contributed by atoms with Gasteiger partial charge in [-0.25, -0.2) is 0 Å². The summed E-state index contributed by atoms with van der Waals surface area (Å²) in [6.45, 7) is 2.03. The minimum Gasteiger partial charge on any atom is -0.392 e. The fourth-order valence-electron chi connectivity index (χ4n) is 1.15. The molecule has 1 aromatic heterocycles. The molecule has 0 aliphatic heterocycles. The quantitative estimate of drug-likeness (QED) is 0.703. The molecule has 66 valence electrons. The van der Waals surface area contributed by atoms with Gasteiger partial charge in [-0.1, -0.05) is 6.92 Å². The first kappa shape index (κ1) is 9.16. The second kappa shape index (κ2) is 4.18. The number of hydrogen-bond acceptors (Lipinski definition) is 3. The van der Waals surface area contributed by atoms with Crippen molar-refractivity contribution in [1.82, 2.24) is 4.98 Å². The summed E-state index contributed by atoms with van der Waals surface area (Å²) < 4.78 is 0. The standard InChI is InChI=1S/C9H14N2O/c1-2-9(10)8-3-4-11-5-7(8)6-12/h3-5,9,12H,2,6,10H2,1H3. The summed E-state index contributed by atoms with van der Waals surface area (Å²) in [5, 5.41) is 8.97. The maximum absolute atomic E-state index is 8.97. The second-order valence-electron chi connectivity index (χ2n) is 2.75. The van der Waals surface area contributed by atoms with Crippen LogP contribution in [0, 0.1) is 0 Å². The summed E-state index contributed by atoms with van der Waals surface area (Å²) in [6, 6.07) is 1.87. The van der Waals surface area contributed by atoms with Crippen LogP contribution in [0.25, 0.3) is 0 Å². The minimum absolute atomic E-state index is 0.00940. The first-order chi connectivity index (χ1) is 5.79. The van der Waals surface area contributed by atoms with Crippen molar-refractivity contribution >= 4 is 0 Å². The fraction of sp³-hybridized carbons (Fsp3) is 0.444. The molecule has 0 amide bonds. The van der Waals surface area contributed by atoms with E-state index in [-0.39, 0.29) is 12.6 Å². The highest BCUT2D eigenvalue weighted by Gasteiger charge is 2.07. The summed E-state index contributed by atoms with van der Waals surface area (Å²) in [4.78, 5) is 3.92. The summed E-state index contributed by atoms with van der Waals surface area (Å²) >= 11 is 0. The van der Waals surface area contributed by atoms with Gasteiger partial charge in [-0.2, -0.15) is 0 Å². The molecule has 0 aromatic carbocycles. The van der Waals surface area contributed by atoms with Crippen LogP contribution in [0.5, 0.6) is 0 Å². The molecule has 1 heterocycles. The molecule has 0 saturated heterocycles. The van der Waals surface area contributed by atoms with Crippen LogP contribution in [0.2, 0.25) is 0 Å². The molecule has 1 aromatic rings. The van der Waals surface area contributed by atoms with Crippen molar-refractivity contribution in [3.05, 3.63) is 29.6 Å². The molecule has 1 rings (SSSR count). The Morgan fingerprint density at radius 1 is 1.67 bits per heavy atom. The Hall–Kier alpha value is -0.930. The summed E-state index contributed by atoms with van der Waals surface area (Å²) in [5.41, 5.74) is 7.65. The van der Waals surface area contributed by atoms with E-state index in [4.69, 9.17) is 10.8 Å². The molecule has 12 heavy (non-hydrogen) atoms. The van der Waals surface area contributed by atoms with E-state index in [0.29, 0.717) is 0 Å². The molecule has 1 unspecified atom stereocenters. The molecule has 0 radical (unpaired) electrons. The lowest BCUT2D eigenvalue weighted by atomic mass is 10.0. The third-order valence-corrected chi connectivity index (χ3v) is 1.95. The molecule has 0 spiro atoms. The van der Waals surface area contributed by atoms with Crippen molar-refractivity contribution in [3.8, 4) is 0 Å². The van der Waals surface area contributed by atoms with E-state index in [1.54, 1.807) is 12.4 Å². The number of aliphatic hydroxyl groups excluding tert-OH is 1. The highest BCUT2D eigenvalue weighted by atomic mass is 16.3. The average Bonchev–Trinajstić information content (AvgIpc) is 2.16. The number of aromatic nitrogens is 1. The Labute approximate surface area is 72.2 Å². The van der Waals surface area contributed by atoms with Crippen LogP contribution in [-0.2, 0) is 6.61 Å². The van der Waals surface area contributed by atoms with Crippen molar-refractivity contribution in [3.63, 3.8) is 0 Å². The number of nitrogens with two attached hydrogens (primary N) is 1. The molecule has 3 nitrogen and oxygen atoms in total. The van der Waals surface area contributed by atoms with Gasteiger partial charge in [0.1, 0.15) is 0 Å². The van der Waals surface area contributed by atoms with Crippen molar-refractivity contribution in [2.24, 2.45) is 5.73 Å². The van der Waals surface area contributed by atoms with E-state index in [0.717, 1.165) is 17.5 Å². The highest BCUT2D eigenvalue weighted by Crippen LogP contribution is 2.17. The lowest BCUT2D eigenvalue weighted by Gasteiger charge is -2.12. The third-order valence-electron chi connectivity index (χ3n) is 1.95. The van der Waals surface area contributed by atoms with E-state index in [1.165, 1.54) is 0 Å². The van der Waals surface area contributed by atoms with Crippen LogP contribution < -0.4 is 5.73 Å². The largest absolute Gasteiger partial charge is 0.392 e. The van der Waals surface area contributed by atoms with E-state index < -0.39 is 0 Å². The lowest BCUT2D eigenvalue weighted by molar-refractivity contribution is 0.279. The third kappa shape index (κ3) is 1.81. The van der Waals surface area contributed by atoms with Gasteiger partial charge in [-0.05, 0) is 18.1 Å². The SMILES string of the molecule is CCC(N)c1ccncc1CO. The lowest BCUT2D eigenvalue weighted by Crippen LogP contribution is -2.11. The Balaban J connectivity index is 2.96. The van der Waals surface area contributed by atoms with Gasteiger partial charge in [0.2, 0.25) is 0 Å². The van der Waals surface area contributed by atoms with E-state index in [2.05, 4.69) is 4.98 Å². The van der Waals surface area contributed by atoms with Crippen LogP contribution >= 0.6 is 0 Å². The number of hydrogen-bond donors (Lipinski definition) is 2. The molecular weight excluding hydrogens is 152 g/mol. The molecule has 0 bridgehead atoms. The van der Waals surface area contributed by atoms with Crippen LogP contribution in [0.4, 0.5) is 0 Å². The first-order valence-corrected chi connectivity index (χ1v) is 4.08. The zero-order valence-corrected chi connectivity index (χ0v) is 7.20. The van der Waals surface area contributed by atoms with Crippen LogP contribution in [-0.4, -0.2) is 10.1 Å². The average molecular weight is 166 g/mol. The maximum atomic E-state index is 8.97. The monoisotopic (exact) mass is 166 g/mol. The highest BCUT2D eigenvalue weighted by molar-refractivity contribution is 5.25. The number of aliphatic hydroxyl groups is 1. The summed E-state index contributed by atoms with van der Waals surface area (Å²) in [7, 11) is 0. The van der Waals surface area contributed by atoms with Gasteiger partial charge in [-0.3, -0.25) is 4.98 Å². The second-order valence-corrected chi connectivity index (χ2v) is 2.75. The van der Waals surface area contributed by atoms with Crippen molar-refractivity contribution in [1.29, 1.82) is 0 Å². The van der Waals surface area contributed by atoms with Gasteiger partial charge in [0.05, 0.1) is 6.61 Å². The van der Waals surface area contributed by atoms with Gasteiger partial charge >= 0.3 is 0 Å². The molecule has 1 atom stereocenters. The molecular formula is C9H14N2O. The van der Waals surface area contributed by atoms with Gasteiger partial charge < -0.3 is 10.8 Å². The smallest absolute Gasteiger partial charge is 0.0700 e. The fourth-order valence-corrected chi connectivity index (χ4v) is 1.15. The van der Waals surface area contributed by atoms with Crippen LogP contribution in [0.3, 0.4) is 0 Å². The zero-order chi connectivity index (χ0) is 8.97. The van der Waals surface area contributed by atoms with Gasteiger partial charge in [0.15, 0.2) is 0 Å². The summed E-state index contributed by atoms with van der Waals surface area (Å²) in [5.74, 6) is 0. The van der Waals surface area contributed by atoms with Gasteiger partial charge in [0, 0.05) is 24.0 Å². The number of pyridine rings is 1. The Morgan fingerprint density at radius 3 is 3.00 bits per heavy atom. The Kier molecular flexibility index (Phi) is 3.19. The van der Waals surface area contributed by atoms with Crippen molar-refractivity contribution in [2.75, 3.05) is 0 Å². The van der Waals surface area contributed by atoms with E-state index >= 15 is 0 Å². The Morgan fingerprint density at radius 2 is 2.42 bits per heavy atom. The Bertz CT molecular complexity index is 250. The molecule has 0 aliphatic carbocycles. The minimum atomic E-state index is 0.00940. The predicted molar refractivity (Wildman–Crippen MR) is 47.4 cm³/mol. The van der Waals surface area contributed by atoms with Crippen LogP contribution in [0.1, 0.15) is 30.5 Å². The molecule has 0 saturated carbocycles. The number of rotatable bonds is 3.